The Morgan fingerprint density at radius 1 is 1.43 bits per heavy atom. The molecular formula is C12H15ClO. The van der Waals surface area contributed by atoms with Crippen LogP contribution in [0.4, 0.5) is 0 Å². The molecule has 1 unspecified atom stereocenters. The third kappa shape index (κ3) is 1.67. The molecular weight excluding hydrogens is 196 g/mol. The molecule has 0 aliphatic heterocycles. The highest BCUT2D eigenvalue weighted by Gasteiger charge is 2.42. The number of hydrogen-bond donors (Lipinski definition) is 1. The van der Waals surface area contributed by atoms with Gasteiger partial charge in [-0.2, -0.15) is 0 Å². The van der Waals surface area contributed by atoms with E-state index in [9.17, 15) is 5.11 Å². The van der Waals surface area contributed by atoms with Gasteiger partial charge in [-0.15, -0.1) is 0 Å². The monoisotopic (exact) mass is 210 g/mol. The van der Waals surface area contributed by atoms with E-state index in [0.29, 0.717) is 10.9 Å². The van der Waals surface area contributed by atoms with Crippen LogP contribution in [0, 0.1) is 12.8 Å². The highest BCUT2D eigenvalue weighted by molar-refractivity contribution is 6.31. The van der Waals surface area contributed by atoms with Gasteiger partial charge in [0.1, 0.15) is 0 Å². The van der Waals surface area contributed by atoms with Crippen molar-refractivity contribution in [2.24, 2.45) is 5.92 Å². The second-order valence-corrected chi connectivity index (χ2v) is 4.81. The third-order valence-corrected chi connectivity index (χ3v) is 3.37. The Bertz CT molecular complexity index is 353. The van der Waals surface area contributed by atoms with Gasteiger partial charge >= 0.3 is 0 Å². The average molecular weight is 211 g/mol. The molecule has 0 heterocycles. The molecule has 1 atom stereocenters. The maximum absolute atomic E-state index is 10.3. The molecule has 0 radical (unpaired) electrons. The molecule has 0 bridgehead atoms. The number of aliphatic hydroxyl groups is 1. The fourth-order valence-electron chi connectivity index (χ4n) is 1.89. The van der Waals surface area contributed by atoms with E-state index in [0.717, 1.165) is 24.0 Å². The zero-order chi connectivity index (χ0) is 10.3. The quantitative estimate of drug-likeness (QED) is 0.795. The van der Waals surface area contributed by atoms with Gasteiger partial charge in [0.2, 0.25) is 0 Å². The summed E-state index contributed by atoms with van der Waals surface area (Å²) in [5.41, 5.74) is 1.27. The van der Waals surface area contributed by atoms with Crippen LogP contribution in [0.3, 0.4) is 0 Å². The van der Waals surface area contributed by atoms with Crippen LogP contribution in [-0.4, -0.2) is 5.11 Å². The smallest absolute Gasteiger partial charge is 0.0910 e. The fourth-order valence-corrected chi connectivity index (χ4v) is 2.20. The van der Waals surface area contributed by atoms with Crippen molar-refractivity contribution in [1.29, 1.82) is 0 Å². The van der Waals surface area contributed by atoms with E-state index in [1.807, 2.05) is 32.0 Å². The molecule has 1 saturated carbocycles. The van der Waals surface area contributed by atoms with Gasteiger partial charge in [0.15, 0.2) is 0 Å². The van der Waals surface area contributed by atoms with E-state index < -0.39 is 5.60 Å². The molecule has 0 spiro atoms. The zero-order valence-electron chi connectivity index (χ0n) is 8.55. The summed E-state index contributed by atoms with van der Waals surface area (Å²) in [5, 5.41) is 11.0. The molecule has 1 aliphatic carbocycles. The van der Waals surface area contributed by atoms with E-state index in [1.165, 1.54) is 0 Å². The minimum atomic E-state index is -0.747. The first-order valence-electron chi connectivity index (χ1n) is 5.01. The lowest BCUT2D eigenvalue weighted by Gasteiger charge is -2.25. The standard InChI is InChI=1S/C12H15ClO/c1-8-3-6-11(13)10(7-8)12(2,14)9-4-5-9/h3,6-7,9,14H,4-5H2,1-2H3. The Hall–Kier alpha value is -0.530. The van der Waals surface area contributed by atoms with Gasteiger partial charge in [0.25, 0.3) is 0 Å². The summed E-state index contributed by atoms with van der Waals surface area (Å²) in [5.74, 6) is 0.391. The number of hydrogen-bond acceptors (Lipinski definition) is 1. The van der Waals surface area contributed by atoms with Crippen LogP contribution in [0.5, 0.6) is 0 Å². The predicted octanol–water partition coefficient (Wildman–Crippen LogP) is 3.27. The number of halogens is 1. The van der Waals surface area contributed by atoms with E-state index in [-0.39, 0.29) is 0 Å². The lowest BCUT2D eigenvalue weighted by molar-refractivity contribution is 0.0331. The van der Waals surface area contributed by atoms with E-state index in [1.54, 1.807) is 0 Å². The maximum atomic E-state index is 10.3. The molecule has 1 aliphatic rings. The summed E-state index contributed by atoms with van der Waals surface area (Å²) in [6, 6.07) is 5.82. The van der Waals surface area contributed by atoms with Crippen LogP contribution in [0.15, 0.2) is 18.2 Å². The van der Waals surface area contributed by atoms with Gasteiger partial charge in [-0.1, -0.05) is 29.3 Å². The Kier molecular flexibility index (Phi) is 2.32. The molecule has 1 N–H and O–H groups in total. The van der Waals surface area contributed by atoms with Gasteiger partial charge < -0.3 is 5.11 Å². The summed E-state index contributed by atoms with van der Waals surface area (Å²) in [7, 11) is 0. The Balaban J connectivity index is 2.43. The minimum Gasteiger partial charge on any atom is -0.385 e. The van der Waals surface area contributed by atoms with Gasteiger partial charge in [-0.3, -0.25) is 0 Å². The predicted molar refractivity (Wildman–Crippen MR) is 58.5 cm³/mol. The van der Waals surface area contributed by atoms with Crippen LogP contribution >= 0.6 is 11.6 Å². The molecule has 0 amide bonds. The molecule has 14 heavy (non-hydrogen) atoms. The van der Waals surface area contributed by atoms with Crippen molar-refractivity contribution >= 4 is 11.6 Å². The Morgan fingerprint density at radius 2 is 2.07 bits per heavy atom. The number of aryl methyl sites for hydroxylation is 1. The largest absolute Gasteiger partial charge is 0.385 e. The number of benzene rings is 1. The summed E-state index contributed by atoms with van der Waals surface area (Å²) >= 11 is 6.09. The second kappa shape index (κ2) is 3.25. The molecule has 1 fully saturated rings. The first kappa shape index (κ1) is 10.0. The molecule has 1 nitrogen and oxygen atoms in total. The topological polar surface area (TPSA) is 20.2 Å². The second-order valence-electron chi connectivity index (χ2n) is 4.41. The van der Waals surface area contributed by atoms with Crippen LogP contribution in [0.2, 0.25) is 5.02 Å². The van der Waals surface area contributed by atoms with Crippen molar-refractivity contribution in [2.75, 3.05) is 0 Å². The summed E-state index contributed by atoms with van der Waals surface area (Å²) in [6.45, 7) is 3.88. The lowest BCUT2D eigenvalue weighted by Crippen LogP contribution is -2.24. The van der Waals surface area contributed by atoms with Crippen molar-refractivity contribution in [3.05, 3.63) is 34.3 Å². The first-order chi connectivity index (χ1) is 6.51. The zero-order valence-corrected chi connectivity index (χ0v) is 9.30. The van der Waals surface area contributed by atoms with Crippen molar-refractivity contribution in [2.45, 2.75) is 32.3 Å². The molecule has 2 heteroatoms. The van der Waals surface area contributed by atoms with E-state index in [2.05, 4.69) is 0 Å². The van der Waals surface area contributed by atoms with E-state index >= 15 is 0 Å². The van der Waals surface area contributed by atoms with Crippen molar-refractivity contribution < 1.29 is 5.11 Å². The molecule has 0 aromatic heterocycles. The normalized spacial score (nSPS) is 20.6. The van der Waals surface area contributed by atoms with Gasteiger partial charge in [0, 0.05) is 10.6 Å². The number of rotatable bonds is 2. The molecule has 2 rings (SSSR count). The average Bonchev–Trinajstić information content (AvgIpc) is 2.91. The molecule has 0 saturated heterocycles. The lowest BCUT2D eigenvalue weighted by atomic mass is 9.90. The van der Waals surface area contributed by atoms with Gasteiger partial charge in [-0.25, -0.2) is 0 Å². The highest BCUT2D eigenvalue weighted by atomic mass is 35.5. The summed E-state index contributed by atoms with van der Waals surface area (Å²) in [6.07, 6.45) is 2.22. The van der Waals surface area contributed by atoms with Crippen molar-refractivity contribution in [3.63, 3.8) is 0 Å². The van der Waals surface area contributed by atoms with Gasteiger partial charge in [-0.05, 0) is 38.7 Å². The maximum Gasteiger partial charge on any atom is 0.0910 e. The SMILES string of the molecule is Cc1ccc(Cl)c(C(C)(O)C2CC2)c1. The molecule has 1 aromatic rings. The fraction of sp³-hybridized carbons (Fsp3) is 0.500. The Morgan fingerprint density at radius 3 is 2.64 bits per heavy atom. The minimum absolute atomic E-state index is 0.391. The first-order valence-corrected chi connectivity index (χ1v) is 5.38. The van der Waals surface area contributed by atoms with Crippen LogP contribution in [0.25, 0.3) is 0 Å². The van der Waals surface area contributed by atoms with E-state index in [4.69, 9.17) is 11.6 Å². The van der Waals surface area contributed by atoms with Crippen LogP contribution in [0.1, 0.15) is 30.9 Å². The van der Waals surface area contributed by atoms with Crippen LogP contribution in [-0.2, 0) is 5.60 Å². The molecule has 76 valence electrons. The molecule has 1 aromatic carbocycles. The van der Waals surface area contributed by atoms with Gasteiger partial charge in [0.05, 0.1) is 5.60 Å². The third-order valence-electron chi connectivity index (χ3n) is 3.04. The van der Waals surface area contributed by atoms with Crippen molar-refractivity contribution in [1.82, 2.24) is 0 Å². The summed E-state index contributed by atoms with van der Waals surface area (Å²) in [4.78, 5) is 0. The summed E-state index contributed by atoms with van der Waals surface area (Å²) < 4.78 is 0. The van der Waals surface area contributed by atoms with Crippen molar-refractivity contribution in [3.8, 4) is 0 Å². The Labute approximate surface area is 89.7 Å². The highest BCUT2D eigenvalue weighted by Crippen LogP contribution is 2.47. The van der Waals surface area contributed by atoms with Crippen LogP contribution < -0.4 is 0 Å².